The first-order chi connectivity index (χ1) is 14.8. The van der Waals surface area contributed by atoms with E-state index in [0.29, 0.717) is 12.0 Å². The van der Waals surface area contributed by atoms with Crippen molar-refractivity contribution < 1.29 is 4.74 Å². The van der Waals surface area contributed by atoms with E-state index in [1.807, 2.05) is 30.3 Å². The van der Waals surface area contributed by atoms with Crippen LogP contribution in [0.1, 0.15) is 26.2 Å². The normalized spacial score (nSPS) is 20.4. The molecule has 1 unspecified atom stereocenters. The monoisotopic (exact) mass is 406 g/mol. The van der Waals surface area contributed by atoms with Crippen LogP contribution in [0.5, 0.6) is 5.75 Å². The van der Waals surface area contributed by atoms with Gasteiger partial charge >= 0.3 is 0 Å². The number of hydrogen-bond acceptors (Lipinski definition) is 3. The number of anilines is 1. The van der Waals surface area contributed by atoms with Crippen LogP contribution in [0, 0.1) is 5.92 Å². The molecule has 2 aliphatic heterocycles. The fourth-order valence-electron chi connectivity index (χ4n) is 4.37. The number of nitrogens with zero attached hydrogens (tertiary/aromatic N) is 3. The summed E-state index contributed by atoms with van der Waals surface area (Å²) in [4.78, 5) is 9.91. The van der Waals surface area contributed by atoms with Gasteiger partial charge in [0, 0.05) is 57.8 Å². The van der Waals surface area contributed by atoms with Gasteiger partial charge in [-0.1, -0.05) is 36.4 Å². The van der Waals surface area contributed by atoms with Crippen LogP contribution in [0.4, 0.5) is 5.69 Å². The van der Waals surface area contributed by atoms with Gasteiger partial charge in [-0.2, -0.15) is 0 Å². The topological polar surface area (TPSA) is 40.1 Å². The Morgan fingerprint density at radius 1 is 0.967 bits per heavy atom. The predicted octanol–water partition coefficient (Wildman–Crippen LogP) is 4.02. The van der Waals surface area contributed by atoms with E-state index in [-0.39, 0.29) is 0 Å². The number of likely N-dealkylation sites (tertiary alicyclic amines) is 1. The van der Waals surface area contributed by atoms with Gasteiger partial charge in [-0.25, -0.2) is 0 Å². The van der Waals surface area contributed by atoms with E-state index in [4.69, 9.17) is 9.73 Å². The molecule has 2 aliphatic rings. The number of rotatable bonds is 6. The number of guanidine groups is 1. The highest BCUT2D eigenvalue weighted by molar-refractivity contribution is 5.80. The summed E-state index contributed by atoms with van der Waals surface area (Å²) >= 11 is 0. The standard InChI is InChI=1S/C25H34N4O/c1-2-26-25(27-19-21-13-16-29(20-21)22-9-5-3-6-10-22)28-17-14-24(15-18-28)30-23-11-7-4-8-12-23/h3-12,21,24H,2,13-20H2,1H3,(H,26,27). The van der Waals surface area contributed by atoms with Gasteiger partial charge in [0.15, 0.2) is 5.96 Å². The first-order valence-electron chi connectivity index (χ1n) is 11.4. The van der Waals surface area contributed by atoms with Crippen LogP contribution in [-0.4, -0.2) is 56.2 Å². The molecule has 2 fully saturated rings. The Morgan fingerprint density at radius 2 is 1.67 bits per heavy atom. The summed E-state index contributed by atoms with van der Waals surface area (Å²) in [6.45, 7) is 8.15. The maximum absolute atomic E-state index is 6.15. The quantitative estimate of drug-likeness (QED) is 0.581. The van der Waals surface area contributed by atoms with Crippen molar-refractivity contribution in [2.24, 2.45) is 10.9 Å². The van der Waals surface area contributed by atoms with Gasteiger partial charge in [0.2, 0.25) is 0 Å². The van der Waals surface area contributed by atoms with E-state index in [9.17, 15) is 0 Å². The Labute approximate surface area is 180 Å². The lowest BCUT2D eigenvalue weighted by atomic mass is 10.1. The second-order valence-electron chi connectivity index (χ2n) is 8.25. The molecule has 4 rings (SSSR count). The SMILES string of the molecule is CCNC(=NCC1CCN(c2ccccc2)C1)N1CCC(Oc2ccccc2)CC1. The molecule has 5 nitrogen and oxygen atoms in total. The highest BCUT2D eigenvalue weighted by atomic mass is 16.5. The third-order valence-electron chi connectivity index (χ3n) is 6.03. The predicted molar refractivity (Wildman–Crippen MR) is 124 cm³/mol. The highest BCUT2D eigenvalue weighted by Gasteiger charge is 2.25. The van der Waals surface area contributed by atoms with Crippen molar-refractivity contribution in [3.05, 3.63) is 60.7 Å². The van der Waals surface area contributed by atoms with Crippen molar-refractivity contribution in [2.45, 2.75) is 32.3 Å². The first-order valence-corrected chi connectivity index (χ1v) is 11.4. The van der Waals surface area contributed by atoms with Crippen LogP contribution < -0.4 is 15.0 Å². The fraction of sp³-hybridized carbons (Fsp3) is 0.480. The lowest BCUT2D eigenvalue weighted by Gasteiger charge is -2.34. The molecule has 160 valence electrons. The first kappa shape index (κ1) is 20.6. The fourth-order valence-corrected chi connectivity index (χ4v) is 4.37. The molecule has 2 aromatic rings. The number of nitrogens with one attached hydrogen (secondary N) is 1. The molecule has 0 bridgehead atoms. The lowest BCUT2D eigenvalue weighted by molar-refractivity contribution is 0.129. The minimum Gasteiger partial charge on any atom is -0.490 e. The minimum absolute atomic E-state index is 0.292. The summed E-state index contributed by atoms with van der Waals surface area (Å²) in [5.74, 6) is 2.66. The van der Waals surface area contributed by atoms with Crippen molar-refractivity contribution >= 4 is 11.6 Å². The zero-order valence-electron chi connectivity index (χ0n) is 18.0. The number of ether oxygens (including phenoxy) is 1. The summed E-state index contributed by atoms with van der Waals surface area (Å²) in [6.07, 6.45) is 3.57. The third kappa shape index (κ3) is 5.47. The maximum Gasteiger partial charge on any atom is 0.193 e. The molecule has 30 heavy (non-hydrogen) atoms. The van der Waals surface area contributed by atoms with E-state index >= 15 is 0 Å². The Morgan fingerprint density at radius 3 is 2.37 bits per heavy atom. The number of piperidine rings is 1. The molecular formula is C25H34N4O. The number of benzene rings is 2. The van der Waals surface area contributed by atoms with Crippen LogP contribution in [0.15, 0.2) is 65.7 Å². The average Bonchev–Trinajstić information content (AvgIpc) is 3.28. The molecule has 1 atom stereocenters. The molecule has 0 aliphatic carbocycles. The number of aliphatic imine (C=N–C) groups is 1. The molecule has 0 radical (unpaired) electrons. The van der Waals surface area contributed by atoms with Crippen molar-refractivity contribution in [3.8, 4) is 5.75 Å². The van der Waals surface area contributed by atoms with Gasteiger partial charge in [0.1, 0.15) is 11.9 Å². The summed E-state index contributed by atoms with van der Waals surface area (Å²) in [6, 6.07) is 20.9. The molecule has 1 N–H and O–H groups in total. The van der Waals surface area contributed by atoms with Crippen molar-refractivity contribution in [1.29, 1.82) is 0 Å². The van der Waals surface area contributed by atoms with E-state index < -0.39 is 0 Å². The molecule has 0 aromatic heterocycles. The Bertz CT molecular complexity index is 787. The zero-order valence-corrected chi connectivity index (χ0v) is 18.0. The van der Waals surface area contributed by atoms with Crippen molar-refractivity contribution in [3.63, 3.8) is 0 Å². The zero-order chi connectivity index (χ0) is 20.6. The Kier molecular flexibility index (Phi) is 7.11. The van der Waals surface area contributed by atoms with E-state index in [0.717, 1.165) is 63.8 Å². The molecule has 2 aromatic carbocycles. The van der Waals surface area contributed by atoms with E-state index in [1.165, 1.54) is 12.1 Å². The molecular weight excluding hydrogens is 372 g/mol. The number of para-hydroxylation sites is 2. The van der Waals surface area contributed by atoms with Crippen LogP contribution in [0.25, 0.3) is 0 Å². The smallest absolute Gasteiger partial charge is 0.193 e. The number of hydrogen-bond donors (Lipinski definition) is 1. The minimum atomic E-state index is 0.292. The van der Waals surface area contributed by atoms with Gasteiger partial charge in [-0.3, -0.25) is 4.99 Å². The molecule has 5 heteroatoms. The summed E-state index contributed by atoms with van der Waals surface area (Å²) in [5.41, 5.74) is 1.33. The van der Waals surface area contributed by atoms with Crippen LogP contribution in [0.2, 0.25) is 0 Å². The summed E-state index contributed by atoms with van der Waals surface area (Å²) < 4.78 is 6.15. The molecule has 0 saturated carbocycles. The Hall–Kier alpha value is -2.69. The third-order valence-corrected chi connectivity index (χ3v) is 6.03. The van der Waals surface area contributed by atoms with Crippen molar-refractivity contribution in [1.82, 2.24) is 10.2 Å². The maximum atomic E-state index is 6.15. The summed E-state index contributed by atoms with van der Waals surface area (Å²) in [5, 5.41) is 3.51. The molecule has 0 spiro atoms. The van der Waals surface area contributed by atoms with Gasteiger partial charge in [-0.15, -0.1) is 0 Å². The van der Waals surface area contributed by atoms with Gasteiger partial charge in [-0.05, 0) is 43.5 Å². The van der Waals surface area contributed by atoms with Crippen molar-refractivity contribution in [2.75, 3.05) is 44.2 Å². The van der Waals surface area contributed by atoms with Crippen LogP contribution in [0.3, 0.4) is 0 Å². The average molecular weight is 407 g/mol. The lowest BCUT2D eigenvalue weighted by Crippen LogP contribution is -2.47. The molecule has 0 amide bonds. The van der Waals surface area contributed by atoms with Gasteiger partial charge < -0.3 is 19.9 Å². The van der Waals surface area contributed by atoms with Crippen LogP contribution in [-0.2, 0) is 0 Å². The highest BCUT2D eigenvalue weighted by Crippen LogP contribution is 2.24. The van der Waals surface area contributed by atoms with E-state index in [2.05, 4.69) is 52.4 Å². The largest absolute Gasteiger partial charge is 0.490 e. The second kappa shape index (κ2) is 10.4. The second-order valence-corrected chi connectivity index (χ2v) is 8.25. The van der Waals surface area contributed by atoms with Gasteiger partial charge in [0.05, 0.1) is 0 Å². The Balaban J connectivity index is 1.28. The van der Waals surface area contributed by atoms with Crippen LogP contribution >= 0.6 is 0 Å². The molecule has 2 heterocycles. The van der Waals surface area contributed by atoms with E-state index in [1.54, 1.807) is 0 Å². The molecule has 2 saturated heterocycles. The summed E-state index contributed by atoms with van der Waals surface area (Å²) in [7, 11) is 0. The van der Waals surface area contributed by atoms with Gasteiger partial charge in [0.25, 0.3) is 0 Å².